The van der Waals surface area contributed by atoms with E-state index in [0.717, 1.165) is 0 Å². The van der Waals surface area contributed by atoms with Gasteiger partial charge in [0, 0.05) is 16.7 Å². The molecule has 2 aliphatic rings. The molecule has 2 atom stereocenters. The van der Waals surface area contributed by atoms with Gasteiger partial charge in [0.2, 0.25) is 0 Å². The number of fused-ring (bicyclic) bond motifs is 6. The van der Waals surface area contributed by atoms with Crippen LogP contribution in [0.2, 0.25) is 0 Å². The van der Waals surface area contributed by atoms with Crippen LogP contribution in [0.4, 0.5) is 0 Å². The maximum atomic E-state index is 2.44. The van der Waals surface area contributed by atoms with Gasteiger partial charge in [0.05, 0.1) is 0 Å². The summed E-state index contributed by atoms with van der Waals surface area (Å²) < 4.78 is 0. The van der Waals surface area contributed by atoms with Crippen LogP contribution < -0.4 is 0 Å². The number of benzene rings is 2. The van der Waals surface area contributed by atoms with Crippen LogP contribution in [0.25, 0.3) is 0 Å². The fourth-order valence-corrected chi connectivity index (χ4v) is 4.38. The molecule has 0 aromatic heterocycles. The summed E-state index contributed by atoms with van der Waals surface area (Å²) in [5, 5.41) is 0. The van der Waals surface area contributed by atoms with Gasteiger partial charge in [0.15, 0.2) is 0 Å². The minimum absolute atomic E-state index is 0.225. The second-order valence-electron chi connectivity index (χ2n) is 6.43. The van der Waals surface area contributed by atoms with Crippen molar-refractivity contribution in [1.82, 2.24) is 0 Å². The molecule has 18 heavy (non-hydrogen) atoms. The molecule has 0 aliphatic heterocycles. The second kappa shape index (κ2) is 2.88. The van der Waals surface area contributed by atoms with Gasteiger partial charge in [-0.2, -0.15) is 0 Å². The highest BCUT2D eigenvalue weighted by Gasteiger charge is 2.62. The van der Waals surface area contributed by atoms with Crippen molar-refractivity contribution >= 4 is 0 Å². The van der Waals surface area contributed by atoms with Crippen molar-refractivity contribution in [3.63, 3.8) is 0 Å². The Labute approximate surface area is 109 Å². The molecule has 4 rings (SSSR count). The first kappa shape index (κ1) is 10.4. The lowest BCUT2D eigenvalue weighted by molar-refractivity contribution is 0.242. The van der Waals surface area contributed by atoms with Gasteiger partial charge in [-0.15, -0.1) is 0 Å². The highest BCUT2D eigenvalue weighted by Crippen LogP contribution is 2.68. The van der Waals surface area contributed by atoms with Gasteiger partial charge in [0.1, 0.15) is 0 Å². The third kappa shape index (κ3) is 0.849. The van der Waals surface area contributed by atoms with Crippen molar-refractivity contribution in [3.05, 3.63) is 70.8 Å². The van der Waals surface area contributed by atoms with E-state index >= 15 is 0 Å². The van der Waals surface area contributed by atoms with Gasteiger partial charge < -0.3 is 0 Å². The first-order valence-electron chi connectivity index (χ1n) is 6.77. The van der Waals surface area contributed by atoms with Crippen LogP contribution in [-0.4, -0.2) is 0 Å². The lowest BCUT2D eigenvalue weighted by atomic mass is 9.50. The van der Waals surface area contributed by atoms with E-state index in [-0.39, 0.29) is 10.8 Å². The number of hydrogen-bond acceptors (Lipinski definition) is 0. The topological polar surface area (TPSA) is 0 Å². The zero-order valence-corrected chi connectivity index (χ0v) is 11.2. The van der Waals surface area contributed by atoms with E-state index in [1.54, 1.807) is 11.1 Å². The summed E-state index contributed by atoms with van der Waals surface area (Å²) in [5.74, 6) is 0.597. The standard InChI is InChI=1S/C18H18/c1-17(2)14-10-6-4-8-12(14)16-13-9-5-7-11-15(13)18(16,17)3/h4-11,16H,1-3H3. The zero-order chi connectivity index (χ0) is 12.5. The molecule has 0 spiro atoms. The highest BCUT2D eigenvalue weighted by atomic mass is 14.6. The number of rotatable bonds is 0. The third-order valence-electron chi connectivity index (χ3n) is 5.65. The largest absolute Gasteiger partial charge is 0.0620 e. The molecule has 0 nitrogen and oxygen atoms in total. The Morgan fingerprint density at radius 2 is 1.22 bits per heavy atom. The van der Waals surface area contributed by atoms with Gasteiger partial charge in [-0.05, 0) is 22.3 Å². The molecule has 0 heteroatoms. The van der Waals surface area contributed by atoms with E-state index in [9.17, 15) is 0 Å². The Morgan fingerprint density at radius 1 is 0.722 bits per heavy atom. The Bertz CT molecular complexity index is 651. The van der Waals surface area contributed by atoms with E-state index in [1.165, 1.54) is 11.1 Å². The molecule has 90 valence electrons. The van der Waals surface area contributed by atoms with Crippen molar-refractivity contribution in [1.29, 1.82) is 0 Å². The van der Waals surface area contributed by atoms with E-state index in [1.807, 2.05) is 0 Å². The van der Waals surface area contributed by atoms with Crippen molar-refractivity contribution in [3.8, 4) is 0 Å². The minimum Gasteiger partial charge on any atom is -0.0620 e. The quantitative estimate of drug-likeness (QED) is 0.634. The third-order valence-corrected chi connectivity index (χ3v) is 5.65. The fraction of sp³-hybridized carbons (Fsp3) is 0.333. The van der Waals surface area contributed by atoms with Gasteiger partial charge in [-0.3, -0.25) is 0 Å². The molecular formula is C18H18. The van der Waals surface area contributed by atoms with Crippen LogP contribution >= 0.6 is 0 Å². The summed E-state index contributed by atoms with van der Waals surface area (Å²) in [5.41, 5.74) is 6.67. The Balaban J connectivity index is 2.08. The predicted octanol–water partition coefficient (Wildman–Crippen LogP) is 4.38. The van der Waals surface area contributed by atoms with Crippen molar-refractivity contribution < 1.29 is 0 Å². The van der Waals surface area contributed by atoms with Crippen LogP contribution in [0.1, 0.15) is 48.9 Å². The molecule has 0 saturated heterocycles. The van der Waals surface area contributed by atoms with E-state index < -0.39 is 0 Å². The monoisotopic (exact) mass is 234 g/mol. The summed E-state index contributed by atoms with van der Waals surface area (Å²) in [7, 11) is 0. The molecule has 0 radical (unpaired) electrons. The van der Waals surface area contributed by atoms with E-state index in [2.05, 4.69) is 69.3 Å². The van der Waals surface area contributed by atoms with E-state index in [4.69, 9.17) is 0 Å². The first-order valence-corrected chi connectivity index (χ1v) is 6.77. The summed E-state index contributed by atoms with van der Waals surface area (Å²) >= 11 is 0. The van der Waals surface area contributed by atoms with Crippen molar-refractivity contribution in [2.24, 2.45) is 0 Å². The lowest BCUT2D eigenvalue weighted by Gasteiger charge is -2.52. The van der Waals surface area contributed by atoms with Crippen LogP contribution in [0.15, 0.2) is 48.5 Å². The molecule has 0 N–H and O–H groups in total. The molecule has 2 unspecified atom stereocenters. The molecule has 2 aromatic carbocycles. The normalized spacial score (nSPS) is 30.1. The summed E-state index contributed by atoms with van der Waals surface area (Å²) in [6.07, 6.45) is 0. The molecule has 0 bridgehead atoms. The van der Waals surface area contributed by atoms with Crippen LogP contribution in [0, 0.1) is 0 Å². The van der Waals surface area contributed by atoms with Crippen LogP contribution in [-0.2, 0) is 10.8 Å². The van der Waals surface area contributed by atoms with Crippen LogP contribution in [0.3, 0.4) is 0 Å². The molecule has 0 heterocycles. The fourth-order valence-electron chi connectivity index (χ4n) is 4.38. The van der Waals surface area contributed by atoms with E-state index in [0.29, 0.717) is 5.92 Å². The predicted molar refractivity (Wildman–Crippen MR) is 75.1 cm³/mol. The SMILES string of the molecule is CC1(C)c2ccccc2C2c3ccccc3C21C. The molecule has 0 amide bonds. The maximum absolute atomic E-state index is 2.44. The van der Waals surface area contributed by atoms with Gasteiger partial charge in [-0.1, -0.05) is 69.3 Å². The summed E-state index contributed by atoms with van der Waals surface area (Å²) in [6, 6.07) is 18.0. The minimum atomic E-state index is 0.225. The Kier molecular flexibility index (Phi) is 1.66. The Morgan fingerprint density at radius 3 is 1.89 bits per heavy atom. The lowest BCUT2D eigenvalue weighted by Crippen LogP contribution is -2.49. The smallest absolute Gasteiger partial charge is 0.0198 e. The first-order chi connectivity index (χ1) is 8.58. The molecular weight excluding hydrogens is 216 g/mol. The van der Waals surface area contributed by atoms with Gasteiger partial charge >= 0.3 is 0 Å². The Hall–Kier alpha value is -1.56. The van der Waals surface area contributed by atoms with Crippen molar-refractivity contribution in [2.45, 2.75) is 37.5 Å². The molecule has 0 fully saturated rings. The average molecular weight is 234 g/mol. The second-order valence-corrected chi connectivity index (χ2v) is 6.43. The van der Waals surface area contributed by atoms with Crippen molar-refractivity contribution in [2.75, 3.05) is 0 Å². The highest BCUT2D eigenvalue weighted by molar-refractivity contribution is 5.66. The molecule has 0 saturated carbocycles. The summed E-state index contributed by atoms with van der Waals surface area (Å²) in [6.45, 7) is 7.25. The van der Waals surface area contributed by atoms with Gasteiger partial charge in [-0.25, -0.2) is 0 Å². The van der Waals surface area contributed by atoms with Crippen LogP contribution in [0.5, 0.6) is 0 Å². The summed E-state index contributed by atoms with van der Waals surface area (Å²) in [4.78, 5) is 0. The van der Waals surface area contributed by atoms with Gasteiger partial charge in [0.25, 0.3) is 0 Å². The zero-order valence-electron chi connectivity index (χ0n) is 11.2. The average Bonchev–Trinajstić information content (AvgIpc) is 2.52. The number of hydrogen-bond donors (Lipinski definition) is 0. The maximum Gasteiger partial charge on any atom is 0.0198 e. The molecule has 2 aromatic rings. The molecule has 2 aliphatic carbocycles.